The molecule has 0 aliphatic carbocycles. The molecule has 0 saturated heterocycles. The number of hydrogen-bond acceptors (Lipinski definition) is 5. The quantitative estimate of drug-likeness (QED) is 0.660. The lowest BCUT2D eigenvalue weighted by Crippen LogP contribution is -2.34. The van der Waals surface area contributed by atoms with Crippen LogP contribution in [-0.4, -0.2) is 47.4 Å². The van der Waals surface area contributed by atoms with Gasteiger partial charge in [-0.2, -0.15) is 0 Å². The third-order valence-electron chi connectivity index (χ3n) is 3.44. The van der Waals surface area contributed by atoms with Gasteiger partial charge >= 0.3 is 0 Å². The number of nitrogens with one attached hydrogen (secondary N) is 2. The van der Waals surface area contributed by atoms with Crippen LogP contribution >= 0.6 is 0 Å². The zero-order chi connectivity index (χ0) is 17.0. The standard InChI is InChI=1S/C16H19N3O4/c1-3-17-15(22)11-5-4-10(2)12(8-11)18-13-9-14(21)19(6-7-20)16(13)23/h4-5,8-9,18,20H,3,6-7H2,1-2H3,(H,17,22). The Morgan fingerprint density at radius 1 is 1.30 bits per heavy atom. The number of carbonyl (C=O) groups excluding carboxylic acids is 3. The maximum Gasteiger partial charge on any atom is 0.277 e. The largest absolute Gasteiger partial charge is 0.395 e. The molecule has 0 unspecified atom stereocenters. The van der Waals surface area contributed by atoms with Gasteiger partial charge in [0.25, 0.3) is 17.7 Å². The minimum absolute atomic E-state index is 0.0444. The molecular formula is C16H19N3O4. The van der Waals surface area contributed by atoms with Crippen LogP contribution in [0.3, 0.4) is 0 Å². The van der Waals surface area contributed by atoms with E-state index in [1.54, 1.807) is 18.2 Å². The molecule has 0 atom stereocenters. The Morgan fingerprint density at radius 3 is 2.70 bits per heavy atom. The van der Waals surface area contributed by atoms with E-state index in [9.17, 15) is 14.4 Å². The van der Waals surface area contributed by atoms with Crippen LogP contribution < -0.4 is 10.6 Å². The van der Waals surface area contributed by atoms with Crippen LogP contribution in [0.5, 0.6) is 0 Å². The number of aliphatic hydroxyl groups excluding tert-OH is 1. The van der Waals surface area contributed by atoms with Crippen LogP contribution in [0.4, 0.5) is 5.69 Å². The Bertz CT molecular complexity index is 682. The second-order valence-electron chi connectivity index (χ2n) is 5.09. The number of anilines is 1. The number of carbonyl (C=O) groups is 3. The zero-order valence-electron chi connectivity index (χ0n) is 13.0. The molecule has 1 heterocycles. The van der Waals surface area contributed by atoms with Crippen molar-refractivity contribution in [1.82, 2.24) is 10.2 Å². The molecule has 3 amide bonds. The summed E-state index contributed by atoms with van der Waals surface area (Å²) in [5.74, 6) is -1.17. The Kier molecular flexibility index (Phi) is 5.13. The summed E-state index contributed by atoms with van der Waals surface area (Å²) in [6.07, 6.45) is 1.19. The number of β-amino-alcohol motifs (C(OH)–C–C–N with tert-alkyl or cyclic N) is 1. The van der Waals surface area contributed by atoms with Gasteiger partial charge in [0.15, 0.2) is 0 Å². The Hall–Kier alpha value is -2.67. The number of imide groups is 1. The molecule has 0 radical (unpaired) electrons. The van der Waals surface area contributed by atoms with Crippen molar-refractivity contribution in [2.24, 2.45) is 0 Å². The summed E-state index contributed by atoms with van der Waals surface area (Å²) in [5.41, 5.74) is 2.00. The smallest absolute Gasteiger partial charge is 0.277 e. The fourth-order valence-corrected chi connectivity index (χ4v) is 2.22. The lowest BCUT2D eigenvalue weighted by Gasteiger charge is -2.15. The van der Waals surface area contributed by atoms with Crippen molar-refractivity contribution < 1.29 is 19.5 Å². The predicted molar refractivity (Wildman–Crippen MR) is 84.7 cm³/mol. The van der Waals surface area contributed by atoms with E-state index in [0.29, 0.717) is 17.8 Å². The fourth-order valence-electron chi connectivity index (χ4n) is 2.22. The van der Waals surface area contributed by atoms with Gasteiger partial charge in [-0.25, -0.2) is 0 Å². The second kappa shape index (κ2) is 7.06. The van der Waals surface area contributed by atoms with Crippen LogP contribution in [0.1, 0.15) is 22.8 Å². The highest BCUT2D eigenvalue weighted by molar-refractivity contribution is 6.17. The molecule has 1 aliphatic heterocycles. The van der Waals surface area contributed by atoms with Crippen molar-refractivity contribution in [3.05, 3.63) is 41.1 Å². The zero-order valence-corrected chi connectivity index (χ0v) is 13.0. The van der Waals surface area contributed by atoms with E-state index < -0.39 is 11.8 Å². The molecule has 23 heavy (non-hydrogen) atoms. The SMILES string of the molecule is CCNC(=O)c1ccc(C)c(NC2=CC(=O)N(CCO)C2=O)c1. The number of nitrogens with zero attached hydrogens (tertiary/aromatic N) is 1. The van der Waals surface area contributed by atoms with Gasteiger partial charge in [-0.05, 0) is 31.5 Å². The van der Waals surface area contributed by atoms with E-state index in [1.165, 1.54) is 6.08 Å². The lowest BCUT2D eigenvalue weighted by molar-refractivity contribution is -0.137. The van der Waals surface area contributed by atoms with Crippen molar-refractivity contribution in [2.75, 3.05) is 25.0 Å². The molecule has 0 aromatic heterocycles. The molecule has 0 spiro atoms. The molecule has 0 saturated carbocycles. The first kappa shape index (κ1) is 16.7. The van der Waals surface area contributed by atoms with Gasteiger partial charge in [0.1, 0.15) is 5.70 Å². The third kappa shape index (κ3) is 3.57. The normalized spacial score (nSPS) is 14.0. The minimum atomic E-state index is -0.494. The first-order chi connectivity index (χ1) is 11.0. The third-order valence-corrected chi connectivity index (χ3v) is 3.44. The molecular weight excluding hydrogens is 298 g/mol. The number of rotatable bonds is 6. The second-order valence-corrected chi connectivity index (χ2v) is 5.09. The number of benzene rings is 1. The van der Waals surface area contributed by atoms with Gasteiger partial charge in [-0.1, -0.05) is 6.07 Å². The summed E-state index contributed by atoms with van der Waals surface area (Å²) >= 11 is 0. The van der Waals surface area contributed by atoms with Gasteiger partial charge in [0, 0.05) is 23.9 Å². The van der Waals surface area contributed by atoms with Gasteiger partial charge in [0.05, 0.1) is 13.2 Å². The highest BCUT2D eigenvalue weighted by Gasteiger charge is 2.30. The van der Waals surface area contributed by atoms with E-state index in [4.69, 9.17) is 5.11 Å². The molecule has 3 N–H and O–H groups in total. The maximum absolute atomic E-state index is 12.1. The molecule has 0 fully saturated rings. The number of aryl methyl sites for hydroxylation is 1. The summed E-state index contributed by atoms with van der Waals surface area (Å²) in [6, 6.07) is 5.09. The van der Waals surface area contributed by atoms with Gasteiger partial charge < -0.3 is 15.7 Å². The van der Waals surface area contributed by atoms with Crippen LogP contribution in [0.25, 0.3) is 0 Å². The highest BCUT2D eigenvalue weighted by Crippen LogP contribution is 2.22. The molecule has 0 bridgehead atoms. The number of aliphatic hydroxyl groups is 1. The van der Waals surface area contributed by atoms with Crippen molar-refractivity contribution in [1.29, 1.82) is 0 Å². The molecule has 1 aliphatic rings. The minimum Gasteiger partial charge on any atom is -0.395 e. The Labute approximate surface area is 134 Å². The van der Waals surface area contributed by atoms with Gasteiger partial charge in [0.2, 0.25) is 0 Å². The summed E-state index contributed by atoms with van der Waals surface area (Å²) in [7, 11) is 0. The average molecular weight is 317 g/mol. The van der Waals surface area contributed by atoms with E-state index in [1.807, 2.05) is 13.8 Å². The van der Waals surface area contributed by atoms with Gasteiger partial charge in [-0.3, -0.25) is 19.3 Å². The van der Waals surface area contributed by atoms with Crippen LogP contribution in [0.15, 0.2) is 30.0 Å². The monoisotopic (exact) mass is 317 g/mol. The van der Waals surface area contributed by atoms with Crippen molar-refractivity contribution in [2.45, 2.75) is 13.8 Å². The maximum atomic E-state index is 12.1. The van der Waals surface area contributed by atoms with E-state index in [0.717, 1.165) is 10.5 Å². The summed E-state index contributed by atoms with van der Waals surface area (Å²) in [6.45, 7) is 3.84. The first-order valence-electron chi connectivity index (χ1n) is 7.32. The topological polar surface area (TPSA) is 98.7 Å². The molecule has 2 rings (SSSR count). The summed E-state index contributed by atoms with van der Waals surface area (Å²) in [4.78, 5) is 36.7. The van der Waals surface area contributed by atoms with Crippen molar-refractivity contribution in [3.63, 3.8) is 0 Å². The van der Waals surface area contributed by atoms with Crippen LogP contribution in [-0.2, 0) is 9.59 Å². The Morgan fingerprint density at radius 2 is 2.04 bits per heavy atom. The van der Waals surface area contributed by atoms with Crippen LogP contribution in [0, 0.1) is 6.92 Å². The van der Waals surface area contributed by atoms with E-state index >= 15 is 0 Å². The summed E-state index contributed by atoms with van der Waals surface area (Å²) < 4.78 is 0. The lowest BCUT2D eigenvalue weighted by atomic mass is 10.1. The molecule has 7 nitrogen and oxygen atoms in total. The van der Waals surface area contributed by atoms with E-state index in [-0.39, 0.29) is 24.8 Å². The highest BCUT2D eigenvalue weighted by atomic mass is 16.3. The van der Waals surface area contributed by atoms with Gasteiger partial charge in [-0.15, -0.1) is 0 Å². The molecule has 7 heteroatoms. The molecule has 1 aromatic carbocycles. The molecule has 1 aromatic rings. The number of amides is 3. The summed E-state index contributed by atoms with van der Waals surface area (Å²) in [5, 5.41) is 14.5. The Balaban J connectivity index is 2.22. The first-order valence-corrected chi connectivity index (χ1v) is 7.32. The van der Waals surface area contributed by atoms with Crippen molar-refractivity contribution >= 4 is 23.4 Å². The number of hydrogen-bond donors (Lipinski definition) is 3. The van der Waals surface area contributed by atoms with E-state index in [2.05, 4.69) is 10.6 Å². The van der Waals surface area contributed by atoms with Crippen molar-refractivity contribution in [3.8, 4) is 0 Å². The molecule has 122 valence electrons. The predicted octanol–water partition coefficient (Wildman–Crippen LogP) is 0.402. The fraction of sp³-hybridized carbons (Fsp3) is 0.312. The average Bonchev–Trinajstić information content (AvgIpc) is 2.77. The van der Waals surface area contributed by atoms with Crippen LogP contribution in [0.2, 0.25) is 0 Å².